The van der Waals surface area contributed by atoms with Gasteiger partial charge in [0.1, 0.15) is 30.2 Å². The average molecular weight is 1010 g/mol. The van der Waals surface area contributed by atoms with E-state index in [-0.39, 0.29) is 56.9 Å². The number of unbranched alkanes of at least 4 members (excludes halogenated alkanes) is 1. The number of rotatable bonds is 30. The molecule has 0 unspecified atom stereocenters. The van der Waals surface area contributed by atoms with Crippen LogP contribution in [0.3, 0.4) is 0 Å². The van der Waals surface area contributed by atoms with E-state index in [0.717, 1.165) is 15.8 Å². The second-order valence-electron chi connectivity index (χ2n) is 15.6. The number of likely N-dealkylation sites (N-methyl/N-ethyl adjacent to an activating group) is 1. The van der Waals surface area contributed by atoms with Gasteiger partial charge in [0.2, 0.25) is 47.3 Å². The minimum atomic E-state index is -1.76. The van der Waals surface area contributed by atoms with E-state index < -0.39 is 109 Å². The lowest BCUT2D eigenvalue weighted by molar-refractivity contribution is -0.146. The fourth-order valence-corrected chi connectivity index (χ4v) is 9.22. The third kappa shape index (κ3) is 19.2. The summed E-state index contributed by atoms with van der Waals surface area (Å²) in [7, 11) is 3.93. The smallest absolute Gasteiger partial charge is 0.305 e. The van der Waals surface area contributed by atoms with Crippen molar-refractivity contribution in [3.63, 3.8) is 0 Å². The number of carbonyl (C=O) groups is 10. The Morgan fingerprint density at radius 2 is 1.53 bits per heavy atom. The lowest BCUT2D eigenvalue weighted by Crippen LogP contribution is -2.58. The van der Waals surface area contributed by atoms with Crippen molar-refractivity contribution in [1.82, 2.24) is 41.4 Å². The molecule has 0 radical (unpaired) electrons. The highest BCUT2D eigenvalue weighted by atomic mass is 33.1. The number of aliphatic carboxylic acids is 2. The number of likely N-dealkylation sites (tertiary alicyclic amines) is 1. The number of fused-ring (bicyclic) bond motifs is 1. The molecule has 5 atom stereocenters. The lowest BCUT2D eigenvalue weighted by Gasteiger charge is -2.31. The number of carbonyl (C=O) groups excluding carboxylic acids is 8. The van der Waals surface area contributed by atoms with Crippen LogP contribution in [0.4, 0.5) is 0 Å². The molecule has 8 amide bonds. The summed E-state index contributed by atoms with van der Waals surface area (Å²) >= 11 is 4.01. The summed E-state index contributed by atoms with van der Waals surface area (Å²) in [6, 6.07) is 0.749. The molecule has 1 aromatic heterocycles. The first-order valence-electron chi connectivity index (χ1n) is 21.5. The number of aliphatic imine (C=N–C) groups is 1. The Balaban J connectivity index is 1.76. The molecule has 1 aliphatic rings. The fraction of sp³-hybridized carbons (Fsp3) is 0.537. The monoisotopic (exact) mass is 1010 g/mol. The zero-order valence-electron chi connectivity index (χ0n) is 37.4. The second-order valence-corrected chi connectivity index (χ2v) is 18.7. The van der Waals surface area contributed by atoms with Gasteiger partial charge in [-0.1, -0.05) is 39.8 Å². The number of H-pyrrole nitrogens is 1. The van der Waals surface area contributed by atoms with Crippen molar-refractivity contribution in [3.05, 3.63) is 36.0 Å². The van der Waals surface area contributed by atoms with Gasteiger partial charge in [-0.05, 0) is 43.7 Å². The van der Waals surface area contributed by atoms with Crippen molar-refractivity contribution in [2.75, 3.05) is 50.5 Å². The van der Waals surface area contributed by atoms with Crippen LogP contribution in [0, 0.1) is 0 Å². The number of carboxylic acids is 2. The molecule has 3 rings (SSSR count). The quantitative estimate of drug-likeness (QED) is 0.0130. The maximum Gasteiger partial charge on any atom is 0.305 e. The van der Waals surface area contributed by atoms with Gasteiger partial charge in [0.15, 0.2) is 5.96 Å². The second kappa shape index (κ2) is 28.8. The first-order chi connectivity index (χ1) is 32.3. The number of aromatic amines is 1. The minimum Gasteiger partial charge on any atom is -0.481 e. The zero-order chi connectivity index (χ0) is 50.3. The highest BCUT2D eigenvalue weighted by Crippen LogP contribution is 2.25. The summed E-state index contributed by atoms with van der Waals surface area (Å²) in [5, 5.41) is 31.6. The Morgan fingerprint density at radius 1 is 0.853 bits per heavy atom. The number of nitrogens with two attached hydrogens (primary N) is 3. The summed E-state index contributed by atoms with van der Waals surface area (Å²) in [6.45, 7) is -0.866. The molecular weight excluding hydrogens is 949 g/mol. The van der Waals surface area contributed by atoms with E-state index in [4.69, 9.17) is 22.3 Å². The normalized spacial score (nSPS) is 14.9. The van der Waals surface area contributed by atoms with Crippen molar-refractivity contribution in [2.24, 2.45) is 22.2 Å². The molecule has 27 heteroatoms. The number of hydrogen-bond donors (Lipinski definition) is 12. The highest BCUT2D eigenvalue weighted by molar-refractivity contribution is 8.76. The number of amides is 8. The van der Waals surface area contributed by atoms with E-state index in [1.165, 1.54) is 33.5 Å². The van der Waals surface area contributed by atoms with Crippen LogP contribution in [0.2, 0.25) is 0 Å². The molecule has 0 bridgehead atoms. The van der Waals surface area contributed by atoms with Gasteiger partial charge in [-0.2, -0.15) is 12.6 Å². The fourth-order valence-electron chi connectivity index (χ4n) is 6.98. The van der Waals surface area contributed by atoms with Gasteiger partial charge in [0, 0.05) is 67.3 Å². The van der Waals surface area contributed by atoms with Crippen LogP contribution >= 0.6 is 34.2 Å². The number of para-hydroxylation sites is 1. The average Bonchev–Trinajstić information content (AvgIpc) is 3.94. The first-order valence-corrected chi connectivity index (χ1v) is 24.6. The van der Waals surface area contributed by atoms with Gasteiger partial charge in [-0.3, -0.25) is 52.9 Å². The first kappa shape index (κ1) is 56.1. The standard InChI is InChI=1S/C41H60N12O12S3/c1-52(21-33(56)50-29(22-66)36(42)61)40(65)30-10-6-14-53(30)39(64)28(17-23-19-46-25-8-3-2-7-24(23)25)51-38(63)27(18-35(59)60)49-32(55)20-47-37(62)26(9-4-5-13-45-41(43)44)48-31(54)11-15-67-68-16-12-34(57)58/h2-3,7-8,19,26-30,46,66H,4-6,9-18,20-22H2,1H3,(H2,42,61)(H,47,62)(H,48,54)(H,49,55)(H,50,56)(H,51,63)(H,57,58)(H,59,60)(H4,43,44,45)/t26-,27-,28-,29-,30-/m0/s1. The number of thiol groups is 1. The highest BCUT2D eigenvalue weighted by Gasteiger charge is 2.40. The van der Waals surface area contributed by atoms with E-state index in [1.54, 1.807) is 30.5 Å². The number of primary amides is 1. The summed E-state index contributed by atoms with van der Waals surface area (Å²) < 4.78 is 0. The number of benzene rings is 1. The predicted molar refractivity (Wildman–Crippen MR) is 257 cm³/mol. The SMILES string of the molecule is CN(CC(=O)N[C@@H](CS)C(N)=O)C(=O)[C@@H]1CCCN1C(=O)[C@H](Cc1c[nH]c2ccccc12)NC(=O)[C@H](CC(=O)O)NC(=O)CNC(=O)[C@H](CCCCN=C(N)N)NC(=O)CCSSCCC(=O)O. The topological polar surface area (TPSA) is 384 Å². The Bertz CT molecular complexity index is 2160. The molecule has 1 saturated heterocycles. The third-order valence-electron chi connectivity index (χ3n) is 10.3. The molecule has 2 heterocycles. The minimum absolute atomic E-state index is 0.000298. The molecule has 374 valence electrons. The molecule has 1 fully saturated rings. The van der Waals surface area contributed by atoms with E-state index in [9.17, 15) is 53.1 Å². The maximum atomic E-state index is 14.5. The molecule has 68 heavy (non-hydrogen) atoms. The number of guanidine groups is 1. The third-order valence-corrected chi connectivity index (χ3v) is 13.1. The maximum absolute atomic E-state index is 14.5. The summed E-state index contributed by atoms with van der Waals surface area (Å²) in [6.07, 6.45) is 2.10. The van der Waals surface area contributed by atoms with E-state index in [2.05, 4.69) is 49.2 Å². The molecule has 24 nitrogen and oxygen atoms in total. The van der Waals surface area contributed by atoms with E-state index in [0.29, 0.717) is 36.3 Å². The van der Waals surface area contributed by atoms with Crippen LogP contribution in [-0.4, -0.2) is 171 Å². The van der Waals surface area contributed by atoms with Gasteiger partial charge in [-0.25, -0.2) is 0 Å². The molecule has 2 aromatic rings. The van der Waals surface area contributed by atoms with Crippen LogP contribution < -0.4 is 43.8 Å². The van der Waals surface area contributed by atoms with E-state index >= 15 is 0 Å². The molecule has 0 spiro atoms. The van der Waals surface area contributed by atoms with Crippen molar-refractivity contribution >= 4 is 110 Å². The van der Waals surface area contributed by atoms with Crippen molar-refractivity contribution < 1.29 is 58.2 Å². The van der Waals surface area contributed by atoms with Crippen LogP contribution in [0.15, 0.2) is 35.5 Å². The largest absolute Gasteiger partial charge is 0.481 e. The predicted octanol–water partition coefficient (Wildman–Crippen LogP) is -2.21. The van der Waals surface area contributed by atoms with Crippen LogP contribution in [0.5, 0.6) is 0 Å². The van der Waals surface area contributed by atoms with Gasteiger partial charge < -0.3 is 68.8 Å². The number of aromatic nitrogens is 1. The molecule has 1 aliphatic heterocycles. The van der Waals surface area contributed by atoms with Crippen LogP contribution in [0.25, 0.3) is 10.9 Å². The van der Waals surface area contributed by atoms with Gasteiger partial charge >= 0.3 is 11.9 Å². The van der Waals surface area contributed by atoms with Gasteiger partial charge in [0.05, 0.1) is 25.9 Å². The van der Waals surface area contributed by atoms with Crippen molar-refractivity contribution in [2.45, 2.75) is 88.0 Å². The van der Waals surface area contributed by atoms with Crippen molar-refractivity contribution in [3.8, 4) is 0 Å². The molecule has 14 N–H and O–H groups in total. The lowest BCUT2D eigenvalue weighted by atomic mass is 10.0. The van der Waals surface area contributed by atoms with Crippen LogP contribution in [-0.2, 0) is 54.4 Å². The summed E-state index contributed by atoms with van der Waals surface area (Å²) in [4.78, 5) is 138. The zero-order valence-corrected chi connectivity index (χ0v) is 39.9. The number of carboxylic acid groups (broad SMARTS) is 2. The number of hydrogen-bond acceptors (Lipinski definition) is 14. The summed E-state index contributed by atoms with van der Waals surface area (Å²) in [5.41, 5.74) is 17.4. The molecule has 0 aliphatic carbocycles. The summed E-state index contributed by atoms with van der Waals surface area (Å²) in [5.74, 6) is -8.03. The number of nitrogens with zero attached hydrogens (tertiary/aromatic N) is 3. The Kier molecular flexibility index (Phi) is 23.8. The Hall–Kier alpha value is -6.22. The molecule has 1 aromatic carbocycles. The molecular formula is C41H60N12O12S3. The van der Waals surface area contributed by atoms with Crippen molar-refractivity contribution in [1.29, 1.82) is 0 Å². The van der Waals surface area contributed by atoms with Gasteiger partial charge in [-0.15, -0.1) is 0 Å². The Morgan fingerprint density at radius 3 is 2.19 bits per heavy atom. The molecule has 0 saturated carbocycles. The number of nitrogens with one attached hydrogen (secondary N) is 6. The van der Waals surface area contributed by atoms with E-state index in [1.807, 2.05) is 0 Å². The Labute approximate surface area is 405 Å². The van der Waals surface area contributed by atoms with Crippen LogP contribution in [0.1, 0.15) is 56.9 Å². The van der Waals surface area contributed by atoms with Gasteiger partial charge in [0.25, 0.3) is 0 Å².